The van der Waals surface area contributed by atoms with E-state index in [9.17, 15) is 4.79 Å². The number of carbonyl (C=O) groups excluding carboxylic acids is 1. The number of aryl methyl sites for hydroxylation is 2. The predicted octanol–water partition coefficient (Wildman–Crippen LogP) is 3.81. The summed E-state index contributed by atoms with van der Waals surface area (Å²) in [6, 6.07) is 16.4. The van der Waals surface area contributed by atoms with Gasteiger partial charge in [0.2, 0.25) is 0 Å². The molecule has 0 aromatic heterocycles. The van der Waals surface area contributed by atoms with E-state index in [0.29, 0.717) is 6.42 Å². The molecule has 4 nitrogen and oxygen atoms in total. The smallest absolute Gasteiger partial charge is 0.263 e. The molecular weight excluding hydrogens is 324 g/mol. The first-order valence-electron chi connectivity index (χ1n) is 9.41. The number of anilines is 1. The number of ether oxygens (including phenoxy) is 1. The van der Waals surface area contributed by atoms with E-state index < -0.39 is 6.10 Å². The van der Waals surface area contributed by atoms with Crippen molar-refractivity contribution in [1.82, 2.24) is 4.90 Å². The second-order valence-corrected chi connectivity index (χ2v) is 6.91. The average molecular weight is 352 g/mol. The number of carbonyl (C=O) groups is 1. The molecule has 26 heavy (non-hydrogen) atoms. The molecule has 1 aliphatic rings. The van der Waals surface area contributed by atoms with Gasteiger partial charge in [0.05, 0.1) is 0 Å². The first kappa shape index (κ1) is 18.3. The summed E-state index contributed by atoms with van der Waals surface area (Å²) in [4.78, 5) is 17.2. The monoisotopic (exact) mass is 352 g/mol. The fraction of sp³-hybridized carbons (Fsp3) is 0.409. The van der Waals surface area contributed by atoms with Crippen LogP contribution in [0.3, 0.4) is 0 Å². The van der Waals surface area contributed by atoms with Crippen LogP contribution in [0, 0.1) is 13.8 Å². The van der Waals surface area contributed by atoms with Gasteiger partial charge < -0.3 is 14.5 Å². The van der Waals surface area contributed by atoms with E-state index in [-0.39, 0.29) is 5.91 Å². The Morgan fingerprint density at radius 2 is 1.69 bits per heavy atom. The van der Waals surface area contributed by atoms with Gasteiger partial charge in [0, 0.05) is 31.9 Å². The van der Waals surface area contributed by atoms with Gasteiger partial charge in [-0.15, -0.1) is 0 Å². The van der Waals surface area contributed by atoms with Crippen LogP contribution in [-0.4, -0.2) is 43.1 Å². The number of nitrogens with zero attached hydrogens (tertiary/aromatic N) is 2. The van der Waals surface area contributed by atoms with Crippen molar-refractivity contribution in [3.8, 4) is 5.75 Å². The Labute approximate surface area is 156 Å². The number of hydrogen-bond donors (Lipinski definition) is 0. The van der Waals surface area contributed by atoms with Crippen LogP contribution in [0.25, 0.3) is 0 Å². The normalized spacial score (nSPS) is 15.7. The highest BCUT2D eigenvalue weighted by molar-refractivity contribution is 5.81. The molecule has 1 amide bonds. The summed E-state index contributed by atoms with van der Waals surface area (Å²) in [5, 5.41) is 0. The maximum absolute atomic E-state index is 12.9. The van der Waals surface area contributed by atoms with Crippen LogP contribution in [-0.2, 0) is 4.79 Å². The molecule has 1 atom stereocenters. The third-order valence-corrected chi connectivity index (χ3v) is 5.12. The van der Waals surface area contributed by atoms with E-state index in [1.165, 1.54) is 16.8 Å². The van der Waals surface area contributed by atoms with Crippen molar-refractivity contribution in [3.05, 3.63) is 59.7 Å². The molecule has 1 aliphatic heterocycles. The topological polar surface area (TPSA) is 32.8 Å². The first-order valence-corrected chi connectivity index (χ1v) is 9.41. The third kappa shape index (κ3) is 4.18. The summed E-state index contributed by atoms with van der Waals surface area (Å²) < 4.78 is 6.02. The van der Waals surface area contributed by atoms with Crippen LogP contribution < -0.4 is 9.64 Å². The van der Waals surface area contributed by atoms with Gasteiger partial charge in [-0.1, -0.05) is 31.2 Å². The lowest BCUT2D eigenvalue weighted by molar-refractivity contribution is -0.139. The number of amides is 1. The van der Waals surface area contributed by atoms with Crippen LogP contribution >= 0.6 is 0 Å². The molecular formula is C22H28N2O2. The second-order valence-electron chi connectivity index (χ2n) is 6.91. The van der Waals surface area contributed by atoms with Crippen molar-refractivity contribution in [1.29, 1.82) is 0 Å². The van der Waals surface area contributed by atoms with Gasteiger partial charge >= 0.3 is 0 Å². The Morgan fingerprint density at radius 3 is 2.31 bits per heavy atom. The molecule has 1 fully saturated rings. The van der Waals surface area contributed by atoms with Crippen molar-refractivity contribution in [2.24, 2.45) is 0 Å². The summed E-state index contributed by atoms with van der Waals surface area (Å²) in [5.74, 6) is 0.870. The maximum atomic E-state index is 12.9. The van der Waals surface area contributed by atoms with E-state index in [1.54, 1.807) is 0 Å². The fourth-order valence-corrected chi connectivity index (χ4v) is 3.29. The van der Waals surface area contributed by atoms with Crippen LogP contribution in [0.15, 0.2) is 48.5 Å². The van der Waals surface area contributed by atoms with Gasteiger partial charge in [-0.25, -0.2) is 0 Å². The van der Waals surface area contributed by atoms with E-state index in [2.05, 4.69) is 43.0 Å². The zero-order valence-electron chi connectivity index (χ0n) is 15.9. The number of para-hydroxylation sites is 1. The Hall–Kier alpha value is -2.49. The number of piperazine rings is 1. The minimum Gasteiger partial charge on any atom is -0.481 e. The molecule has 0 aliphatic carbocycles. The van der Waals surface area contributed by atoms with Gasteiger partial charge in [0.25, 0.3) is 5.91 Å². The fourth-order valence-electron chi connectivity index (χ4n) is 3.29. The standard InChI is InChI=1S/C22H28N2O2/c1-4-21(26-20-11-10-17(2)18(3)16-20)22(25)24-14-12-23(13-15-24)19-8-6-5-7-9-19/h5-11,16,21H,4,12-15H2,1-3H3/t21-/m1/s1. The maximum Gasteiger partial charge on any atom is 0.263 e. The highest BCUT2D eigenvalue weighted by Crippen LogP contribution is 2.20. The number of hydrogen-bond acceptors (Lipinski definition) is 3. The SMILES string of the molecule is CC[C@@H](Oc1ccc(C)c(C)c1)C(=O)N1CCN(c2ccccc2)CC1. The Morgan fingerprint density at radius 1 is 1.00 bits per heavy atom. The van der Waals surface area contributed by atoms with Crippen LogP contribution in [0.4, 0.5) is 5.69 Å². The first-order chi connectivity index (χ1) is 12.6. The molecule has 2 aromatic rings. The number of benzene rings is 2. The summed E-state index contributed by atoms with van der Waals surface area (Å²) in [7, 11) is 0. The molecule has 3 rings (SSSR count). The summed E-state index contributed by atoms with van der Waals surface area (Å²) >= 11 is 0. The summed E-state index contributed by atoms with van der Waals surface area (Å²) in [6.07, 6.45) is 0.255. The van der Waals surface area contributed by atoms with Crippen LogP contribution in [0.2, 0.25) is 0 Å². The van der Waals surface area contributed by atoms with Gasteiger partial charge in [-0.05, 0) is 55.7 Å². The Kier molecular flexibility index (Phi) is 5.82. The minimum absolute atomic E-state index is 0.0958. The lowest BCUT2D eigenvalue weighted by Gasteiger charge is -2.37. The van der Waals surface area contributed by atoms with Crippen molar-refractivity contribution < 1.29 is 9.53 Å². The van der Waals surface area contributed by atoms with Gasteiger partial charge in [0.1, 0.15) is 5.75 Å². The largest absolute Gasteiger partial charge is 0.481 e. The molecule has 0 radical (unpaired) electrons. The summed E-state index contributed by atoms with van der Waals surface area (Å²) in [6.45, 7) is 9.33. The minimum atomic E-state index is -0.416. The quantitative estimate of drug-likeness (QED) is 0.820. The molecule has 138 valence electrons. The molecule has 1 heterocycles. The molecule has 4 heteroatoms. The molecule has 1 saturated heterocycles. The van der Waals surface area contributed by atoms with Crippen molar-refractivity contribution >= 4 is 11.6 Å². The Balaban J connectivity index is 1.60. The Bertz CT molecular complexity index is 737. The van der Waals surface area contributed by atoms with Crippen molar-refractivity contribution in [3.63, 3.8) is 0 Å². The van der Waals surface area contributed by atoms with E-state index in [0.717, 1.165) is 31.9 Å². The van der Waals surface area contributed by atoms with Crippen molar-refractivity contribution in [2.45, 2.75) is 33.3 Å². The third-order valence-electron chi connectivity index (χ3n) is 5.12. The highest BCUT2D eigenvalue weighted by atomic mass is 16.5. The van der Waals surface area contributed by atoms with Gasteiger partial charge in [-0.3, -0.25) is 4.79 Å². The zero-order chi connectivity index (χ0) is 18.5. The molecule has 0 unspecified atom stereocenters. The highest BCUT2D eigenvalue weighted by Gasteiger charge is 2.28. The van der Waals surface area contributed by atoms with Crippen LogP contribution in [0.5, 0.6) is 5.75 Å². The van der Waals surface area contributed by atoms with E-state index in [1.807, 2.05) is 36.1 Å². The van der Waals surface area contributed by atoms with Gasteiger partial charge in [-0.2, -0.15) is 0 Å². The molecule has 0 N–H and O–H groups in total. The number of rotatable bonds is 5. The lowest BCUT2D eigenvalue weighted by atomic mass is 10.1. The molecule has 0 saturated carbocycles. The predicted molar refractivity (Wildman–Crippen MR) is 106 cm³/mol. The second kappa shape index (κ2) is 8.26. The molecule has 2 aromatic carbocycles. The van der Waals surface area contributed by atoms with Crippen molar-refractivity contribution in [2.75, 3.05) is 31.1 Å². The zero-order valence-corrected chi connectivity index (χ0v) is 15.9. The van der Waals surface area contributed by atoms with E-state index in [4.69, 9.17) is 4.74 Å². The molecule has 0 spiro atoms. The molecule has 0 bridgehead atoms. The average Bonchev–Trinajstić information content (AvgIpc) is 2.69. The van der Waals surface area contributed by atoms with Crippen LogP contribution in [0.1, 0.15) is 24.5 Å². The summed E-state index contributed by atoms with van der Waals surface area (Å²) in [5.41, 5.74) is 3.63. The van der Waals surface area contributed by atoms with Gasteiger partial charge in [0.15, 0.2) is 6.10 Å². The van der Waals surface area contributed by atoms with E-state index >= 15 is 0 Å². The lowest BCUT2D eigenvalue weighted by Crippen LogP contribution is -2.52.